The zero-order chi connectivity index (χ0) is 23.5. The number of H-pyrrole nitrogens is 1. The van der Waals surface area contributed by atoms with Gasteiger partial charge < -0.3 is 20.3 Å². The number of ether oxygens (including phenoxy) is 1. The molecule has 0 fully saturated rings. The Labute approximate surface area is 202 Å². The molecule has 4 rings (SSSR count). The molecule has 1 aliphatic rings. The number of para-hydroxylation sites is 2. The standard InChI is InChI=1S/C22H19BrClN5O4/c1-2-29-15-9-5-6-10-16(15)33-11-14(22(29)32)25-21(31)18-17(23)19(28-27-18)26-20(30)12-7-3-4-8-13(12)24/h3-10,14H,2,11H2,1H3,(H,25,31)(H2,26,27,28,30)/t14-/m1/s1. The second kappa shape index (κ2) is 9.63. The number of benzene rings is 2. The van der Waals surface area contributed by atoms with E-state index >= 15 is 0 Å². The quantitative estimate of drug-likeness (QED) is 0.464. The van der Waals surface area contributed by atoms with Crippen molar-refractivity contribution in [2.45, 2.75) is 13.0 Å². The lowest BCUT2D eigenvalue weighted by Gasteiger charge is -2.23. The lowest BCUT2D eigenvalue weighted by Crippen LogP contribution is -2.50. The summed E-state index contributed by atoms with van der Waals surface area (Å²) in [6.07, 6.45) is 0. The fraction of sp³-hybridized carbons (Fsp3) is 0.182. The highest BCUT2D eigenvalue weighted by molar-refractivity contribution is 9.10. The van der Waals surface area contributed by atoms with Crippen LogP contribution < -0.4 is 20.3 Å². The molecule has 33 heavy (non-hydrogen) atoms. The van der Waals surface area contributed by atoms with Crippen LogP contribution in [0.3, 0.4) is 0 Å². The smallest absolute Gasteiger partial charge is 0.273 e. The zero-order valence-corrected chi connectivity index (χ0v) is 19.7. The summed E-state index contributed by atoms with van der Waals surface area (Å²) in [6.45, 7) is 2.23. The maximum absolute atomic E-state index is 13.1. The van der Waals surface area contributed by atoms with Gasteiger partial charge in [-0.05, 0) is 47.1 Å². The van der Waals surface area contributed by atoms with Crippen LogP contribution in [0.25, 0.3) is 0 Å². The van der Waals surface area contributed by atoms with E-state index < -0.39 is 17.9 Å². The van der Waals surface area contributed by atoms with Crippen LogP contribution in [0.4, 0.5) is 11.5 Å². The molecule has 1 atom stereocenters. The van der Waals surface area contributed by atoms with Crippen molar-refractivity contribution < 1.29 is 19.1 Å². The van der Waals surface area contributed by atoms with E-state index in [0.29, 0.717) is 18.0 Å². The Morgan fingerprint density at radius 1 is 1.21 bits per heavy atom. The number of anilines is 2. The molecule has 3 aromatic rings. The Kier molecular flexibility index (Phi) is 6.66. The first-order valence-electron chi connectivity index (χ1n) is 10.0. The highest BCUT2D eigenvalue weighted by Crippen LogP contribution is 2.31. The molecule has 0 bridgehead atoms. The SMILES string of the molecule is CCN1C(=O)[C@H](NC(=O)c2n[nH]c(NC(=O)c3ccccc3Cl)c2Br)COc2ccccc21. The van der Waals surface area contributed by atoms with Crippen LogP contribution in [0.15, 0.2) is 53.0 Å². The van der Waals surface area contributed by atoms with Crippen molar-refractivity contribution in [1.82, 2.24) is 15.5 Å². The van der Waals surface area contributed by atoms with E-state index in [-0.39, 0.29) is 39.1 Å². The van der Waals surface area contributed by atoms with Crippen LogP contribution in [0, 0.1) is 0 Å². The molecule has 170 valence electrons. The average Bonchev–Trinajstić information content (AvgIpc) is 3.11. The van der Waals surface area contributed by atoms with Gasteiger partial charge in [0.15, 0.2) is 5.69 Å². The molecule has 2 heterocycles. The predicted molar refractivity (Wildman–Crippen MR) is 127 cm³/mol. The second-order valence-electron chi connectivity index (χ2n) is 7.08. The van der Waals surface area contributed by atoms with Crippen LogP contribution in [0.2, 0.25) is 5.02 Å². The third kappa shape index (κ3) is 4.57. The molecular formula is C22H19BrClN5O4. The van der Waals surface area contributed by atoms with Gasteiger partial charge in [0.25, 0.3) is 17.7 Å². The number of hydrogen-bond acceptors (Lipinski definition) is 5. The number of halogens is 2. The largest absolute Gasteiger partial charge is 0.489 e. The molecule has 2 aromatic carbocycles. The van der Waals surface area contributed by atoms with Crippen molar-refractivity contribution in [2.75, 3.05) is 23.4 Å². The predicted octanol–water partition coefficient (Wildman–Crippen LogP) is 3.62. The zero-order valence-electron chi connectivity index (χ0n) is 17.4. The van der Waals surface area contributed by atoms with E-state index in [2.05, 4.69) is 36.8 Å². The Bertz CT molecular complexity index is 1230. The van der Waals surface area contributed by atoms with Crippen molar-refractivity contribution in [1.29, 1.82) is 0 Å². The van der Waals surface area contributed by atoms with Crippen molar-refractivity contribution >= 4 is 56.8 Å². The average molecular weight is 533 g/mol. The number of aromatic nitrogens is 2. The second-order valence-corrected chi connectivity index (χ2v) is 8.28. The molecule has 0 spiro atoms. The molecule has 3 N–H and O–H groups in total. The fourth-order valence-corrected chi connectivity index (χ4v) is 4.08. The molecule has 1 aromatic heterocycles. The Balaban J connectivity index is 1.49. The Morgan fingerprint density at radius 3 is 2.70 bits per heavy atom. The summed E-state index contributed by atoms with van der Waals surface area (Å²) in [5, 5.41) is 12.2. The first kappa shape index (κ1) is 22.8. The molecular weight excluding hydrogens is 514 g/mol. The molecule has 0 radical (unpaired) electrons. The number of likely N-dealkylation sites (N-methyl/N-ethyl adjacent to an activating group) is 1. The number of carbonyl (C=O) groups is 3. The summed E-state index contributed by atoms with van der Waals surface area (Å²) in [6, 6.07) is 12.8. The first-order chi connectivity index (χ1) is 15.9. The van der Waals surface area contributed by atoms with Crippen molar-refractivity contribution in [3.63, 3.8) is 0 Å². The molecule has 11 heteroatoms. The number of fused-ring (bicyclic) bond motifs is 1. The molecule has 3 amide bonds. The summed E-state index contributed by atoms with van der Waals surface area (Å²) < 4.78 is 6.00. The van der Waals surface area contributed by atoms with Crippen molar-refractivity contribution in [2.24, 2.45) is 0 Å². The highest BCUT2D eigenvalue weighted by Gasteiger charge is 2.33. The van der Waals surface area contributed by atoms with E-state index in [4.69, 9.17) is 16.3 Å². The maximum atomic E-state index is 13.1. The summed E-state index contributed by atoms with van der Waals surface area (Å²) >= 11 is 9.35. The summed E-state index contributed by atoms with van der Waals surface area (Å²) in [7, 11) is 0. The number of nitrogens with zero attached hydrogens (tertiary/aromatic N) is 2. The third-order valence-corrected chi connectivity index (χ3v) is 6.13. The minimum atomic E-state index is -0.922. The van der Waals surface area contributed by atoms with E-state index in [1.165, 1.54) is 0 Å². The summed E-state index contributed by atoms with van der Waals surface area (Å²) in [4.78, 5) is 40.0. The minimum Gasteiger partial charge on any atom is -0.489 e. The molecule has 9 nitrogen and oxygen atoms in total. The molecule has 0 saturated carbocycles. The lowest BCUT2D eigenvalue weighted by molar-refractivity contribution is -0.120. The van der Waals surface area contributed by atoms with Crippen LogP contribution in [0.5, 0.6) is 5.75 Å². The maximum Gasteiger partial charge on any atom is 0.273 e. The van der Waals surface area contributed by atoms with Crippen LogP contribution in [-0.4, -0.2) is 47.1 Å². The van der Waals surface area contributed by atoms with Gasteiger partial charge in [-0.2, -0.15) is 5.10 Å². The van der Waals surface area contributed by atoms with Gasteiger partial charge >= 0.3 is 0 Å². The lowest BCUT2D eigenvalue weighted by atomic mass is 10.2. The van der Waals surface area contributed by atoms with Crippen molar-refractivity contribution in [3.8, 4) is 5.75 Å². The van der Waals surface area contributed by atoms with Crippen LogP contribution in [-0.2, 0) is 4.79 Å². The monoisotopic (exact) mass is 531 g/mol. The number of amides is 3. The normalized spacial score (nSPS) is 15.3. The van der Waals surface area contributed by atoms with Gasteiger partial charge in [-0.15, -0.1) is 0 Å². The number of rotatable bonds is 5. The van der Waals surface area contributed by atoms with E-state index in [1.807, 2.05) is 19.1 Å². The minimum absolute atomic E-state index is 0.0259. The molecule has 0 unspecified atom stereocenters. The van der Waals surface area contributed by atoms with Gasteiger partial charge in [0.2, 0.25) is 0 Å². The van der Waals surface area contributed by atoms with Crippen LogP contribution in [0.1, 0.15) is 27.8 Å². The highest BCUT2D eigenvalue weighted by atomic mass is 79.9. The topological polar surface area (TPSA) is 116 Å². The summed E-state index contributed by atoms with van der Waals surface area (Å²) in [5.74, 6) is -0.637. The van der Waals surface area contributed by atoms with Gasteiger partial charge in [0.05, 0.1) is 20.7 Å². The van der Waals surface area contributed by atoms with Gasteiger partial charge in [0.1, 0.15) is 24.2 Å². The number of nitrogens with one attached hydrogen (secondary N) is 3. The number of hydrogen-bond donors (Lipinski definition) is 3. The van der Waals surface area contributed by atoms with E-state index in [0.717, 1.165) is 0 Å². The van der Waals surface area contributed by atoms with Crippen molar-refractivity contribution in [3.05, 3.63) is 69.3 Å². The Hall–Kier alpha value is -3.37. The van der Waals surface area contributed by atoms with Gasteiger partial charge in [-0.3, -0.25) is 19.5 Å². The van der Waals surface area contributed by atoms with E-state index in [9.17, 15) is 14.4 Å². The van der Waals surface area contributed by atoms with Gasteiger partial charge in [-0.1, -0.05) is 35.9 Å². The molecule has 0 aliphatic carbocycles. The van der Waals surface area contributed by atoms with Gasteiger partial charge in [-0.25, -0.2) is 0 Å². The summed E-state index contributed by atoms with van der Waals surface area (Å²) in [5.41, 5.74) is 0.890. The van der Waals surface area contributed by atoms with Gasteiger partial charge in [0, 0.05) is 6.54 Å². The Morgan fingerprint density at radius 2 is 1.94 bits per heavy atom. The van der Waals surface area contributed by atoms with E-state index in [1.54, 1.807) is 41.3 Å². The number of aromatic amines is 1. The third-order valence-electron chi connectivity index (χ3n) is 5.03. The molecule has 0 saturated heterocycles. The van der Waals surface area contributed by atoms with Crippen LogP contribution >= 0.6 is 27.5 Å². The number of carbonyl (C=O) groups excluding carboxylic acids is 3. The molecule has 1 aliphatic heterocycles. The first-order valence-corrected chi connectivity index (χ1v) is 11.2. The fourth-order valence-electron chi connectivity index (χ4n) is 3.40.